The van der Waals surface area contributed by atoms with Crippen LogP contribution in [0.5, 0.6) is 0 Å². The second-order valence-electron chi connectivity index (χ2n) is 8.45. The van der Waals surface area contributed by atoms with Crippen LogP contribution in [0.25, 0.3) is 0 Å². The van der Waals surface area contributed by atoms with Crippen molar-refractivity contribution in [3.05, 3.63) is 0 Å². The van der Waals surface area contributed by atoms with E-state index in [0.717, 1.165) is 25.6 Å². The van der Waals surface area contributed by atoms with Crippen LogP contribution in [0, 0.1) is 16.7 Å². The van der Waals surface area contributed by atoms with Crippen LogP contribution in [0.15, 0.2) is 0 Å². The number of aliphatic hydroxyl groups excluding tert-OH is 1. The summed E-state index contributed by atoms with van der Waals surface area (Å²) < 4.78 is 6.20. The molecule has 3 aliphatic rings. The minimum atomic E-state index is -0.325. The molecule has 1 heterocycles. The molecule has 1 N–H and O–H groups in total. The Bertz CT molecular complexity index is 364. The summed E-state index contributed by atoms with van der Waals surface area (Å²) in [5.41, 5.74) is 0.706. The number of rotatable bonds is 5. The highest BCUT2D eigenvalue weighted by molar-refractivity contribution is 5.11. The van der Waals surface area contributed by atoms with Crippen molar-refractivity contribution in [2.75, 3.05) is 26.2 Å². The highest BCUT2D eigenvalue weighted by Crippen LogP contribution is 2.66. The van der Waals surface area contributed by atoms with Crippen molar-refractivity contribution in [2.45, 2.75) is 71.5 Å². The molecule has 3 fully saturated rings. The first kappa shape index (κ1) is 15.8. The molecule has 2 aliphatic carbocycles. The van der Waals surface area contributed by atoms with Crippen molar-refractivity contribution in [1.82, 2.24) is 4.90 Å². The van der Waals surface area contributed by atoms with Gasteiger partial charge >= 0.3 is 0 Å². The summed E-state index contributed by atoms with van der Waals surface area (Å²) in [6.07, 6.45) is 7.78. The SMILES string of the molecule is CC1(C)[C@H]2CC[C@@]1(C)[C@@H](OC[C@@H](O)CN1CCCCC1)C2. The maximum absolute atomic E-state index is 10.3. The lowest BCUT2D eigenvalue weighted by molar-refractivity contribution is -0.0798. The minimum Gasteiger partial charge on any atom is -0.389 e. The van der Waals surface area contributed by atoms with E-state index >= 15 is 0 Å². The van der Waals surface area contributed by atoms with Gasteiger partial charge in [0.1, 0.15) is 0 Å². The fraction of sp³-hybridized carbons (Fsp3) is 1.00. The van der Waals surface area contributed by atoms with Crippen molar-refractivity contribution in [1.29, 1.82) is 0 Å². The van der Waals surface area contributed by atoms with E-state index in [1.54, 1.807) is 0 Å². The predicted octanol–water partition coefficient (Wildman–Crippen LogP) is 3.06. The number of ether oxygens (including phenoxy) is 1. The van der Waals surface area contributed by atoms with Gasteiger partial charge in [0.25, 0.3) is 0 Å². The predicted molar refractivity (Wildman–Crippen MR) is 85.3 cm³/mol. The lowest BCUT2D eigenvalue weighted by Crippen LogP contribution is -2.41. The zero-order chi connectivity index (χ0) is 15.1. The van der Waals surface area contributed by atoms with Crippen LogP contribution in [-0.2, 0) is 4.74 Å². The minimum absolute atomic E-state index is 0.308. The number of likely N-dealkylation sites (tertiary alicyclic amines) is 1. The van der Waals surface area contributed by atoms with Gasteiger partial charge in [-0.25, -0.2) is 0 Å². The summed E-state index contributed by atoms with van der Waals surface area (Å²) in [6.45, 7) is 10.8. The van der Waals surface area contributed by atoms with E-state index in [-0.39, 0.29) is 6.10 Å². The van der Waals surface area contributed by atoms with Crippen molar-refractivity contribution < 1.29 is 9.84 Å². The largest absolute Gasteiger partial charge is 0.389 e. The maximum Gasteiger partial charge on any atom is 0.0900 e. The Balaban J connectivity index is 1.47. The van der Waals surface area contributed by atoms with Gasteiger partial charge in [-0.05, 0) is 61.9 Å². The molecule has 2 bridgehead atoms. The van der Waals surface area contributed by atoms with Crippen molar-refractivity contribution in [3.63, 3.8) is 0 Å². The summed E-state index contributed by atoms with van der Waals surface area (Å²) in [4.78, 5) is 2.39. The molecule has 0 unspecified atom stereocenters. The summed E-state index contributed by atoms with van der Waals surface area (Å²) in [5.74, 6) is 0.812. The molecule has 1 saturated heterocycles. The Hall–Kier alpha value is -0.120. The fourth-order valence-corrected chi connectivity index (χ4v) is 5.10. The van der Waals surface area contributed by atoms with Crippen molar-refractivity contribution >= 4 is 0 Å². The second-order valence-corrected chi connectivity index (χ2v) is 8.45. The van der Waals surface area contributed by atoms with E-state index < -0.39 is 0 Å². The molecule has 0 aromatic rings. The molecule has 0 radical (unpaired) electrons. The van der Waals surface area contributed by atoms with E-state index in [1.807, 2.05) is 0 Å². The molecule has 4 atom stereocenters. The van der Waals surface area contributed by atoms with Crippen LogP contribution < -0.4 is 0 Å². The maximum atomic E-state index is 10.3. The zero-order valence-electron chi connectivity index (χ0n) is 14.1. The Morgan fingerprint density at radius 2 is 1.90 bits per heavy atom. The highest BCUT2D eigenvalue weighted by Gasteiger charge is 2.61. The normalized spacial score (nSPS) is 40.6. The first-order valence-electron chi connectivity index (χ1n) is 8.95. The number of hydrogen-bond donors (Lipinski definition) is 1. The van der Waals surface area contributed by atoms with E-state index in [2.05, 4.69) is 25.7 Å². The Labute approximate surface area is 130 Å². The molecular formula is C18H33NO2. The smallest absolute Gasteiger partial charge is 0.0900 e. The van der Waals surface area contributed by atoms with Gasteiger partial charge in [-0.3, -0.25) is 0 Å². The number of nitrogens with zero attached hydrogens (tertiary/aromatic N) is 1. The van der Waals surface area contributed by atoms with Gasteiger partial charge in [0, 0.05) is 6.54 Å². The van der Waals surface area contributed by atoms with Gasteiger partial charge in [0.15, 0.2) is 0 Å². The van der Waals surface area contributed by atoms with E-state index in [9.17, 15) is 5.11 Å². The fourth-order valence-electron chi connectivity index (χ4n) is 5.10. The average Bonchev–Trinajstić information content (AvgIpc) is 2.79. The van der Waals surface area contributed by atoms with Crippen molar-refractivity contribution in [2.24, 2.45) is 16.7 Å². The molecule has 2 saturated carbocycles. The van der Waals surface area contributed by atoms with E-state index in [4.69, 9.17) is 4.74 Å². The topological polar surface area (TPSA) is 32.7 Å². The molecular weight excluding hydrogens is 262 g/mol. The van der Waals surface area contributed by atoms with Crippen LogP contribution in [0.3, 0.4) is 0 Å². The van der Waals surface area contributed by atoms with E-state index in [0.29, 0.717) is 23.5 Å². The van der Waals surface area contributed by atoms with Gasteiger partial charge in [0.05, 0.1) is 18.8 Å². The van der Waals surface area contributed by atoms with Crippen LogP contribution in [0.4, 0.5) is 0 Å². The Morgan fingerprint density at radius 3 is 2.48 bits per heavy atom. The number of aliphatic hydroxyl groups is 1. The second kappa shape index (κ2) is 5.82. The highest BCUT2D eigenvalue weighted by atomic mass is 16.5. The Morgan fingerprint density at radius 1 is 1.19 bits per heavy atom. The molecule has 3 heteroatoms. The molecule has 3 rings (SSSR count). The molecule has 0 amide bonds. The summed E-state index contributed by atoms with van der Waals surface area (Å²) in [7, 11) is 0. The van der Waals surface area contributed by atoms with Crippen LogP contribution in [0.2, 0.25) is 0 Å². The average molecular weight is 295 g/mol. The van der Waals surface area contributed by atoms with Gasteiger partial charge in [-0.15, -0.1) is 0 Å². The van der Waals surface area contributed by atoms with Gasteiger partial charge in [0.2, 0.25) is 0 Å². The molecule has 1 aliphatic heterocycles. The van der Waals surface area contributed by atoms with Crippen LogP contribution in [0.1, 0.15) is 59.3 Å². The molecule has 122 valence electrons. The lowest BCUT2D eigenvalue weighted by atomic mass is 9.70. The summed E-state index contributed by atoms with van der Waals surface area (Å²) >= 11 is 0. The van der Waals surface area contributed by atoms with Gasteiger partial charge in [-0.1, -0.05) is 27.2 Å². The zero-order valence-corrected chi connectivity index (χ0v) is 14.1. The lowest BCUT2D eigenvalue weighted by Gasteiger charge is -2.39. The molecule has 3 nitrogen and oxygen atoms in total. The molecule has 0 spiro atoms. The van der Waals surface area contributed by atoms with Crippen molar-refractivity contribution in [3.8, 4) is 0 Å². The number of β-amino-alcohol motifs (C(OH)–C–C–N with tert-alkyl or cyclic N) is 1. The first-order chi connectivity index (χ1) is 9.93. The van der Waals surface area contributed by atoms with E-state index in [1.165, 1.54) is 38.5 Å². The summed E-state index contributed by atoms with van der Waals surface area (Å²) in [6, 6.07) is 0. The molecule has 0 aromatic carbocycles. The van der Waals surface area contributed by atoms with Gasteiger partial charge in [-0.2, -0.15) is 0 Å². The monoisotopic (exact) mass is 295 g/mol. The first-order valence-corrected chi connectivity index (χ1v) is 8.95. The third kappa shape index (κ3) is 2.77. The number of hydrogen-bond acceptors (Lipinski definition) is 3. The van der Waals surface area contributed by atoms with Gasteiger partial charge < -0.3 is 14.7 Å². The third-order valence-electron chi connectivity index (χ3n) is 7.12. The Kier molecular flexibility index (Phi) is 4.37. The molecule has 0 aromatic heterocycles. The third-order valence-corrected chi connectivity index (χ3v) is 7.12. The van der Waals surface area contributed by atoms with Crippen LogP contribution in [-0.4, -0.2) is 48.5 Å². The standard InChI is InChI=1S/C18H33NO2/c1-17(2)14-7-8-18(17,3)16(11-14)21-13-15(20)12-19-9-5-4-6-10-19/h14-16,20H,4-13H2,1-3H3/t14-,15-,16-,18-/m0/s1. The summed E-state index contributed by atoms with van der Waals surface area (Å²) in [5, 5.41) is 10.3. The number of fused-ring (bicyclic) bond motifs is 2. The number of piperidine rings is 1. The molecule has 21 heavy (non-hydrogen) atoms. The van der Waals surface area contributed by atoms with Crippen LogP contribution >= 0.6 is 0 Å². The quantitative estimate of drug-likeness (QED) is 0.846.